The highest BCUT2D eigenvalue weighted by molar-refractivity contribution is 6.08. The van der Waals surface area contributed by atoms with Gasteiger partial charge in [-0.25, -0.2) is 9.59 Å². The zero-order valence-corrected chi connectivity index (χ0v) is 19.7. The number of carbonyl (C=O) groups excluding carboxylic acids is 4. The van der Waals surface area contributed by atoms with Crippen LogP contribution < -0.4 is 15.4 Å². The highest BCUT2D eigenvalue weighted by Crippen LogP contribution is 2.34. The number of urea groups is 1. The van der Waals surface area contributed by atoms with E-state index in [4.69, 9.17) is 9.15 Å². The average Bonchev–Trinajstić information content (AvgIpc) is 3.41. The van der Waals surface area contributed by atoms with Gasteiger partial charge in [-0.15, -0.1) is 0 Å². The third kappa shape index (κ3) is 4.52. The van der Waals surface area contributed by atoms with E-state index in [0.29, 0.717) is 35.0 Å². The van der Waals surface area contributed by atoms with Crippen molar-refractivity contribution < 1.29 is 33.1 Å². The first-order chi connectivity index (χ1) is 16.0. The third-order valence-corrected chi connectivity index (χ3v) is 5.69. The lowest BCUT2D eigenvalue weighted by Crippen LogP contribution is -2.52. The fraction of sp³-hybridized carbons (Fsp3) is 0.333. The van der Waals surface area contributed by atoms with E-state index in [1.54, 1.807) is 32.0 Å². The van der Waals surface area contributed by atoms with Crippen LogP contribution in [0.5, 0.6) is 5.75 Å². The van der Waals surface area contributed by atoms with Crippen molar-refractivity contribution in [2.45, 2.75) is 32.9 Å². The quantitative estimate of drug-likeness (QED) is 0.391. The van der Waals surface area contributed by atoms with Gasteiger partial charge in [-0.1, -0.05) is 12.6 Å². The van der Waals surface area contributed by atoms with Gasteiger partial charge in [0, 0.05) is 17.7 Å². The maximum Gasteiger partial charge on any atom is 0.332 e. The smallest absolute Gasteiger partial charge is 0.332 e. The summed E-state index contributed by atoms with van der Waals surface area (Å²) in [5.74, 6) is 0.434. The zero-order valence-electron chi connectivity index (χ0n) is 19.7. The number of hydrogen-bond acceptors (Lipinski definition) is 7. The summed E-state index contributed by atoms with van der Waals surface area (Å²) in [7, 11) is 2.87. The van der Waals surface area contributed by atoms with Crippen LogP contribution in [0.3, 0.4) is 0 Å². The number of benzene rings is 1. The molecule has 3 heterocycles. The first kappa shape index (κ1) is 24.6. The van der Waals surface area contributed by atoms with Gasteiger partial charge in [0.25, 0.3) is 11.8 Å². The predicted molar refractivity (Wildman–Crippen MR) is 121 cm³/mol. The van der Waals surface area contributed by atoms with Crippen molar-refractivity contribution in [3.63, 3.8) is 0 Å². The van der Waals surface area contributed by atoms with Crippen LogP contribution in [-0.2, 0) is 26.4 Å². The molecule has 0 unspecified atom stereocenters. The second kappa shape index (κ2) is 9.42. The van der Waals surface area contributed by atoms with Gasteiger partial charge < -0.3 is 24.1 Å². The Hall–Kier alpha value is -4.08. The lowest BCUT2D eigenvalue weighted by molar-refractivity contribution is -0.136. The molecule has 1 aromatic carbocycles. The first-order valence-corrected chi connectivity index (χ1v) is 10.4. The van der Waals surface area contributed by atoms with Crippen molar-refractivity contribution in [3.8, 4) is 5.75 Å². The molecule has 2 N–H and O–H groups in total. The number of imide groups is 1. The Labute approximate surface area is 196 Å². The first-order valence-electron chi connectivity index (χ1n) is 10.4. The Morgan fingerprint density at radius 1 is 1.21 bits per heavy atom. The van der Waals surface area contributed by atoms with Crippen molar-refractivity contribution in [1.29, 1.82) is 0 Å². The lowest BCUT2D eigenvalue weighted by atomic mass is 9.95. The minimum Gasteiger partial charge on any atom is -0.497 e. The van der Waals surface area contributed by atoms with Gasteiger partial charge in [-0.3, -0.25) is 14.9 Å². The molecule has 2 aromatic rings. The molecular weight excluding hydrogens is 442 g/mol. The van der Waals surface area contributed by atoms with Gasteiger partial charge in [0.2, 0.25) is 0 Å². The normalized spacial score (nSPS) is 18.5. The van der Waals surface area contributed by atoms with Gasteiger partial charge in [-0.2, -0.15) is 0 Å². The van der Waals surface area contributed by atoms with Crippen LogP contribution in [0.1, 0.15) is 39.9 Å². The highest BCUT2D eigenvalue weighted by atomic mass is 16.5. The molecule has 0 saturated carbocycles. The van der Waals surface area contributed by atoms with Crippen LogP contribution in [0.4, 0.5) is 4.79 Å². The van der Waals surface area contributed by atoms with Crippen LogP contribution in [0.2, 0.25) is 0 Å². The molecular formula is C24H27N3O7. The van der Waals surface area contributed by atoms with Crippen LogP contribution in [0, 0.1) is 13.8 Å². The van der Waals surface area contributed by atoms with E-state index >= 15 is 0 Å². The molecule has 180 valence electrons. The third-order valence-electron chi connectivity index (χ3n) is 5.69. The number of ether oxygens (including phenoxy) is 2. The van der Waals surface area contributed by atoms with Crippen LogP contribution in [0.25, 0.3) is 0 Å². The molecule has 10 nitrogen and oxygen atoms in total. The summed E-state index contributed by atoms with van der Waals surface area (Å²) < 4.78 is 15.2. The van der Waals surface area contributed by atoms with E-state index in [0.717, 1.165) is 11.1 Å². The fourth-order valence-corrected chi connectivity index (χ4v) is 3.69. The van der Waals surface area contributed by atoms with E-state index in [2.05, 4.69) is 21.9 Å². The molecule has 4 amide bonds. The maximum absolute atomic E-state index is 12.9. The number of esters is 1. The molecule has 0 bridgehead atoms. The number of methoxy groups -OCH3 is 2. The number of aryl methyl sites for hydroxylation is 2. The Balaban J connectivity index is 0.000000406. The average molecular weight is 469 g/mol. The second-order valence-corrected chi connectivity index (χ2v) is 8.12. The topological polar surface area (TPSA) is 127 Å². The van der Waals surface area contributed by atoms with Gasteiger partial charge >= 0.3 is 12.0 Å². The van der Waals surface area contributed by atoms with Gasteiger partial charge in [0.05, 0.1) is 20.8 Å². The molecule has 0 aliphatic carbocycles. The van der Waals surface area contributed by atoms with E-state index in [-0.39, 0.29) is 18.4 Å². The largest absolute Gasteiger partial charge is 0.497 e. The van der Waals surface area contributed by atoms with E-state index in [1.165, 1.54) is 19.1 Å². The molecule has 0 spiro atoms. The Kier molecular flexibility index (Phi) is 6.80. The summed E-state index contributed by atoms with van der Waals surface area (Å²) in [5, 5.41) is 4.92. The summed E-state index contributed by atoms with van der Waals surface area (Å²) in [4.78, 5) is 49.2. The second-order valence-electron chi connectivity index (χ2n) is 8.12. The standard InChI is InChI=1S/C19H19N3O5.C5H8O2/c1-10-6-15(27-11(10)2)19(17(24)20-18(25)21-19)9-22-8-12-4-5-13(26-3)7-14(12)16(22)23;1-4(2)5(6)7-3/h4-7H,8-9H2,1-3H3,(H2,20,21,24,25);1H2,2-3H3/t19-;/m0./s1. The Morgan fingerprint density at radius 3 is 2.38 bits per heavy atom. The summed E-state index contributed by atoms with van der Waals surface area (Å²) in [6.07, 6.45) is 0. The van der Waals surface area contributed by atoms with Gasteiger partial charge in [-0.05, 0) is 50.1 Å². The van der Waals surface area contributed by atoms with Crippen molar-refractivity contribution in [1.82, 2.24) is 15.5 Å². The maximum atomic E-state index is 12.9. The molecule has 1 aromatic heterocycles. The van der Waals surface area contributed by atoms with Gasteiger partial charge in [0.15, 0.2) is 5.54 Å². The molecule has 1 saturated heterocycles. The van der Waals surface area contributed by atoms with E-state index < -0.39 is 17.5 Å². The minimum atomic E-state index is -1.46. The molecule has 1 atom stereocenters. The highest BCUT2D eigenvalue weighted by Gasteiger charge is 2.53. The molecule has 0 radical (unpaired) electrons. The lowest BCUT2D eigenvalue weighted by Gasteiger charge is -2.29. The molecule has 2 aliphatic heterocycles. The van der Waals surface area contributed by atoms with E-state index in [1.807, 2.05) is 13.0 Å². The SMILES string of the molecule is C=C(C)C(=O)OC.COc1ccc2c(c1)C(=O)N(C[C@@]1(c3cc(C)c(C)o3)NC(=O)NC1=O)C2. The predicted octanol–water partition coefficient (Wildman–Crippen LogP) is 2.33. The number of nitrogens with one attached hydrogen (secondary N) is 2. The molecule has 34 heavy (non-hydrogen) atoms. The van der Waals surface area contributed by atoms with Crippen molar-refractivity contribution in [2.75, 3.05) is 20.8 Å². The summed E-state index contributed by atoms with van der Waals surface area (Å²) >= 11 is 0. The Morgan fingerprint density at radius 2 is 1.91 bits per heavy atom. The van der Waals surface area contributed by atoms with Crippen LogP contribution in [0.15, 0.2) is 40.8 Å². The number of carbonyl (C=O) groups is 4. The van der Waals surface area contributed by atoms with Gasteiger partial charge in [0.1, 0.15) is 17.3 Å². The zero-order chi connectivity index (χ0) is 25.2. The molecule has 10 heteroatoms. The number of rotatable bonds is 5. The minimum absolute atomic E-state index is 0.0349. The number of furan rings is 1. The Bertz CT molecular complexity index is 1160. The summed E-state index contributed by atoms with van der Waals surface area (Å²) in [6.45, 7) is 8.89. The number of hydrogen-bond donors (Lipinski definition) is 2. The summed E-state index contributed by atoms with van der Waals surface area (Å²) in [5.41, 5.74) is 1.20. The molecule has 1 fully saturated rings. The monoisotopic (exact) mass is 469 g/mol. The van der Waals surface area contributed by atoms with Crippen molar-refractivity contribution in [2.24, 2.45) is 0 Å². The summed E-state index contributed by atoms with van der Waals surface area (Å²) in [6, 6.07) is 6.40. The number of nitrogens with zero attached hydrogens (tertiary/aromatic N) is 1. The molecule has 4 rings (SSSR count). The van der Waals surface area contributed by atoms with E-state index in [9.17, 15) is 19.2 Å². The van der Waals surface area contributed by atoms with Crippen LogP contribution in [-0.4, -0.2) is 49.5 Å². The number of fused-ring (bicyclic) bond motifs is 1. The fourth-order valence-electron chi connectivity index (χ4n) is 3.69. The van der Waals surface area contributed by atoms with Crippen LogP contribution >= 0.6 is 0 Å². The van der Waals surface area contributed by atoms with Crippen molar-refractivity contribution in [3.05, 3.63) is 64.6 Å². The molecule has 2 aliphatic rings. The number of amides is 4. The van der Waals surface area contributed by atoms with Crippen molar-refractivity contribution >= 4 is 23.8 Å².